The molecule has 2 N–H and O–H groups in total. The lowest BCUT2D eigenvalue weighted by Gasteiger charge is -2.33. The van der Waals surface area contributed by atoms with Gasteiger partial charge in [-0.15, -0.1) is 0 Å². The maximum absolute atomic E-state index is 12.9. The van der Waals surface area contributed by atoms with Crippen LogP contribution in [0.2, 0.25) is 0 Å². The number of anilines is 2. The third kappa shape index (κ3) is 4.68. The number of hydrogen-bond donors (Lipinski definition) is 2. The van der Waals surface area contributed by atoms with Crippen LogP contribution >= 0.6 is 0 Å². The highest BCUT2D eigenvalue weighted by molar-refractivity contribution is 6.02. The van der Waals surface area contributed by atoms with Crippen LogP contribution in [-0.2, 0) is 23.9 Å². The first-order valence-corrected chi connectivity index (χ1v) is 10.5. The van der Waals surface area contributed by atoms with E-state index in [4.69, 9.17) is 9.47 Å². The standard InChI is InChI=1S/C23H22N4O7/c1-24-22(31)18-12-26(16-4-2-3-5-17(16)34-18)21(30)13-33-23(32)14-6-8-15(9-7-14)27-20(29)11-10-19(28)25-27/h2-9,18H,10-13H2,1H3,(H,24,31)(H,25,28). The van der Waals surface area contributed by atoms with Crippen molar-refractivity contribution in [3.8, 4) is 5.75 Å². The van der Waals surface area contributed by atoms with Gasteiger partial charge in [0.25, 0.3) is 11.8 Å². The number of likely N-dealkylation sites (N-methyl/N-ethyl adjacent to an activating group) is 1. The van der Waals surface area contributed by atoms with E-state index in [1.54, 1.807) is 24.3 Å². The Hall–Kier alpha value is -4.41. The first-order valence-electron chi connectivity index (χ1n) is 10.5. The van der Waals surface area contributed by atoms with Crippen LogP contribution in [-0.4, -0.2) is 55.9 Å². The number of hydrogen-bond acceptors (Lipinski definition) is 7. The molecule has 2 heterocycles. The third-order valence-electron chi connectivity index (χ3n) is 5.35. The topological polar surface area (TPSA) is 134 Å². The van der Waals surface area contributed by atoms with E-state index in [2.05, 4.69) is 10.7 Å². The number of nitrogens with one attached hydrogen (secondary N) is 2. The number of benzene rings is 2. The van der Waals surface area contributed by atoms with Gasteiger partial charge in [-0.05, 0) is 36.4 Å². The molecule has 11 heteroatoms. The minimum atomic E-state index is -0.898. The molecule has 0 spiro atoms. The Bertz CT molecular complexity index is 1150. The number of esters is 1. The SMILES string of the molecule is CNC(=O)C1CN(C(=O)COC(=O)c2ccc(N3NC(=O)CCC3=O)cc2)c2ccccc2O1. The molecule has 4 rings (SSSR count). The zero-order valence-electron chi connectivity index (χ0n) is 18.3. The summed E-state index contributed by atoms with van der Waals surface area (Å²) in [6.07, 6.45) is -0.667. The van der Waals surface area contributed by atoms with Crippen LogP contribution in [0.25, 0.3) is 0 Å². The molecule has 4 amide bonds. The van der Waals surface area contributed by atoms with Crippen LogP contribution in [0.3, 0.4) is 0 Å². The first kappa shape index (κ1) is 22.8. The second-order valence-electron chi connectivity index (χ2n) is 7.58. The van der Waals surface area contributed by atoms with Gasteiger partial charge in [-0.3, -0.25) is 24.6 Å². The predicted molar refractivity (Wildman–Crippen MR) is 119 cm³/mol. The van der Waals surface area contributed by atoms with E-state index >= 15 is 0 Å². The zero-order valence-corrected chi connectivity index (χ0v) is 18.3. The maximum Gasteiger partial charge on any atom is 0.338 e. The highest BCUT2D eigenvalue weighted by Crippen LogP contribution is 2.33. The number of hydrazine groups is 1. The lowest BCUT2D eigenvalue weighted by Crippen LogP contribution is -2.51. The van der Waals surface area contributed by atoms with Gasteiger partial charge in [0.2, 0.25) is 11.8 Å². The normalized spacial score (nSPS) is 17.3. The molecule has 0 bridgehead atoms. The number of carbonyl (C=O) groups excluding carboxylic acids is 5. The fourth-order valence-corrected chi connectivity index (χ4v) is 3.59. The van der Waals surface area contributed by atoms with Crippen molar-refractivity contribution in [2.45, 2.75) is 18.9 Å². The van der Waals surface area contributed by atoms with Gasteiger partial charge in [0.05, 0.1) is 23.5 Å². The molecule has 1 atom stereocenters. The Morgan fingerprint density at radius 3 is 2.56 bits per heavy atom. The molecule has 2 aromatic carbocycles. The Labute approximate surface area is 194 Å². The summed E-state index contributed by atoms with van der Waals surface area (Å²) in [6.45, 7) is -0.576. The molecule has 34 heavy (non-hydrogen) atoms. The second kappa shape index (κ2) is 9.61. The second-order valence-corrected chi connectivity index (χ2v) is 7.58. The number of fused-ring (bicyclic) bond motifs is 1. The van der Waals surface area contributed by atoms with Gasteiger partial charge in [-0.1, -0.05) is 12.1 Å². The van der Waals surface area contributed by atoms with Gasteiger partial charge in [0, 0.05) is 19.9 Å². The fourth-order valence-electron chi connectivity index (χ4n) is 3.59. The number of para-hydroxylation sites is 2. The van der Waals surface area contributed by atoms with Crippen LogP contribution < -0.4 is 25.4 Å². The smallest absolute Gasteiger partial charge is 0.338 e. The number of nitrogens with zero attached hydrogens (tertiary/aromatic N) is 2. The average molecular weight is 466 g/mol. The molecule has 0 aliphatic carbocycles. The lowest BCUT2D eigenvalue weighted by atomic mass is 10.1. The van der Waals surface area contributed by atoms with E-state index < -0.39 is 24.6 Å². The molecule has 2 aromatic rings. The van der Waals surface area contributed by atoms with E-state index in [9.17, 15) is 24.0 Å². The molecule has 11 nitrogen and oxygen atoms in total. The summed E-state index contributed by atoms with van der Waals surface area (Å²) < 4.78 is 10.8. The van der Waals surface area contributed by atoms with Crippen molar-refractivity contribution in [2.75, 3.05) is 30.1 Å². The van der Waals surface area contributed by atoms with E-state index in [1.807, 2.05) is 0 Å². The van der Waals surface area contributed by atoms with Gasteiger partial charge < -0.3 is 19.7 Å². The van der Waals surface area contributed by atoms with Gasteiger partial charge in [-0.2, -0.15) is 0 Å². The summed E-state index contributed by atoms with van der Waals surface area (Å²) in [5, 5.41) is 3.62. The molecule has 2 aliphatic heterocycles. The van der Waals surface area contributed by atoms with Crippen molar-refractivity contribution in [2.24, 2.45) is 0 Å². The largest absolute Gasteiger partial charge is 0.477 e. The molecule has 176 valence electrons. The monoisotopic (exact) mass is 466 g/mol. The van der Waals surface area contributed by atoms with Gasteiger partial charge in [-0.25, -0.2) is 9.80 Å². The Morgan fingerprint density at radius 2 is 1.82 bits per heavy atom. The fraction of sp³-hybridized carbons (Fsp3) is 0.261. The molecule has 1 saturated heterocycles. The Kier molecular flexibility index (Phi) is 6.44. The zero-order chi connectivity index (χ0) is 24.2. The molecule has 0 aromatic heterocycles. The van der Waals surface area contributed by atoms with Crippen molar-refractivity contribution in [1.82, 2.24) is 10.7 Å². The summed E-state index contributed by atoms with van der Waals surface area (Å²) >= 11 is 0. The molecule has 0 radical (unpaired) electrons. The van der Waals surface area contributed by atoms with Crippen LogP contribution in [0.15, 0.2) is 48.5 Å². The van der Waals surface area contributed by atoms with E-state index in [1.165, 1.54) is 36.2 Å². The molecular weight excluding hydrogens is 444 g/mol. The van der Waals surface area contributed by atoms with Crippen LogP contribution in [0.4, 0.5) is 11.4 Å². The molecule has 1 unspecified atom stereocenters. The molecular formula is C23H22N4O7. The number of ether oxygens (including phenoxy) is 2. The van der Waals surface area contributed by atoms with Crippen LogP contribution in [0.5, 0.6) is 5.75 Å². The van der Waals surface area contributed by atoms with Crippen molar-refractivity contribution in [3.05, 3.63) is 54.1 Å². The molecule has 0 saturated carbocycles. The summed E-state index contributed by atoms with van der Waals surface area (Å²) in [5.41, 5.74) is 3.51. The number of amides is 4. The van der Waals surface area contributed by atoms with E-state index in [0.717, 1.165) is 5.01 Å². The number of carbonyl (C=O) groups is 5. The van der Waals surface area contributed by atoms with Crippen LogP contribution in [0, 0.1) is 0 Å². The highest BCUT2D eigenvalue weighted by atomic mass is 16.5. The van der Waals surface area contributed by atoms with Gasteiger partial charge in [0.1, 0.15) is 5.75 Å². The summed E-state index contributed by atoms with van der Waals surface area (Å²) in [4.78, 5) is 62.3. The van der Waals surface area contributed by atoms with E-state index in [0.29, 0.717) is 17.1 Å². The van der Waals surface area contributed by atoms with Crippen molar-refractivity contribution >= 4 is 41.0 Å². The quantitative estimate of drug-likeness (QED) is 0.614. The predicted octanol–water partition coefficient (Wildman–Crippen LogP) is 0.542. The minimum Gasteiger partial charge on any atom is -0.477 e. The van der Waals surface area contributed by atoms with Crippen molar-refractivity contribution in [1.29, 1.82) is 0 Å². The van der Waals surface area contributed by atoms with Gasteiger partial charge in [0.15, 0.2) is 12.7 Å². The molecule has 1 fully saturated rings. The summed E-state index contributed by atoms with van der Waals surface area (Å²) in [6, 6.07) is 12.6. The van der Waals surface area contributed by atoms with Crippen LogP contribution in [0.1, 0.15) is 23.2 Å². The number of rotatable bonds is 5. The van der Waals surface area contributed by atoms with E-state index in [-0.39, 0.29) is 42.7 Å². The lowest BCUT2D eigenvalue weighted by molar-refractivity contribution is -0.130. The Morgan fingerprint density at radius 1 is 1.09 bits per heavy atom. The first-order chi connectivity index (χ1) is 16.4. The summed E-state index contributed by atoms with van der Waals surface area (Å²) in [7, 11) is 1.47. The summed E-state index contributed by atoms with van der Waals surface area (Å²) in [5.74, 6) is -1.80. The third-order valence-corrected chi connectivity index (χ3v) is 5.35. The Balaban J connectivity index is 1.40. The van der Waals surface area contributed by atoms with Crippen molar-refractivity contribution in [3.63, 3.8) is 0 Å². The molecule has 2 aliphatic rings. The van der Waals surface area contributed by atoms with Gasteiger partial charge >= 0.3 is 5.97 Å². The maximum atomic E-state index is 12.9. The van der Waals surface area contributed by atoms with Crippen molar-refractivity contribution < 1.29 is 33.4 Å². The minimum absolute atomic E-state index is 0.0304. The average Bonchev–Trinajstić information content (AvgIpc) is 2.87. The highest BCUT2D eigenvalue weighted by Gasteiger charge is 2.33.